The molecule has 31 heavy (non-hydrogen) atoms. The molecule has 2 aromatic heterocycles. The van der Waals surface area contributed by atoms with Crippen LogP contribution in [-0.4, -0.2) is 66.3 Å². The molecule has 2 aliphatic rings. The maximum Gasteiger partial charge on any atom is 0.252 e. The number of carbonyl (C=O) groups excluding carboxylic acids is 1. The summed E-state index contributed by atoms with van der Waals surface area (Å²) in [4.78, 5) is 30.8. The van der Waals surface area contributed by atoms with Crippen LogP contribution in [0.15, 0.2) is 48.9 Å². The van der Waals surface area contributed by atoms with Crippen LogP contribution in [0.2, 0.25) is 0 Å². The van der Waals surface area contributed by atoms with E-state index < -0.39 is 0 Å². The first-order valence-corrected chi connectivity index (χ1v) is 10.8. The molecule has 0 bridgehead atoms. The minimum absolute atomic E-state index is 0.0536. The summed E-state index contributed by atoms with van der Waals surface area (Å²) in [6.45, 7) is 4.78. The Balaban J connectivity index is 1.29. The fraction of sp³-hybridized carbons (Fsp3) is 0.391. The average Bonchev–Trinajstić information content (AvgIpc) is 2.84. The number of nitrogens with one attached hydrogen (secondary N) is 1. The summed E-state index contributed by atoms with van der Waals surface area (Å²) in [5, 5.41) is 4.10. The van der Waals surface area contributed by atoms with Crippen molar-refractivity contribution < 1.29 is 9.53 Å². The van der Waals surface area contributed by atoms with Gasteiger partial charge in [-0.25, -0.2) is 9.97 Å². The first kappa shape index (κ1) is 19.7. The number of carbonyl (C=O) groups is 1. The van der Waals surface area contributed by atoms with Gasteiger partial charge in [0.15, 0.2) is 0 Å². The zero-order valence-electron chi connectivity index (χ0n) is 17.4. The van der Waals surface area contributed by atoms with Gasteiger partial charge in [-0.05, 0) is 25.0 Å². The number of aromatic nitrogens is 3. The van der Waals surface area contributed by atoms with Crippen molar-refractivity contribution in [1.29, 1.82) is 0 Å². The Labute approximate surface area is 181 Å². The molecule has 4 heterocycles. The van der Waals surface area contributed by atoms with E-state index in [0.717, 1.165) is 74.8 Å². The molecule has 160 valence electrons. The Hall–Kier alpha value is -3.26. The first-order chi connectivity index (χ1) is 15.3. The summed E-state index contributed by atoms with van der Waals surface area (Å²) < 4.78 is 5.44. The Bertz CT molecular complexity index is 1060. The third-order valence-electron chi connectivity index (χ3n) is 5.95. The first-order valence-electron chi connectivity index (χ1n) is 10.8. The zero-order chi connectivity index (χ0) is 21.0. The largest absolute Gasteiger partial charge is 0.378 e. The highest BCUT2D eigenvalue weighted by atomic mass is 16.5. The molecule has 0 aliphatic carbocycles. The number of amides is 1. The van der Waals surface area contributed by atoms with Gasteiger partial charge < -0.3 is 19.9 Å². The molecule has 1 amide bonds. The molecular formula is C23H26N6O2. The molecular weight excluding hydrogens is 392 g/mol. The van der Waals surface area contributed by atoms with Crippen molar-refractivity contribution in [2.24, 2.45) is 0 Å². The monoisotopic (exact) mass is 418 g/mol. The molecule has 1 atom stereocenters. The van der Waals surface area contributed by atoms with E-state index in [9.17, 15) is 4.79 Å². The summed E-state index contributed by atoms with van der Waals surface area (Å²) in [6, 6.07) is 11.6. The van der Waals surface area contributed by atoms with Gasteiger partial charge in [0.05, 0.1) is 24.3 Å². The second-order valence-corrected chi connectivity index (χ2v) is 7.97. The molecule has 8 heteroatoms. The molecule has 2 aliphatic heterocycles. The third kappa shape index (κ3) is 4.29. The van der Waals surface area contributed by atoms with E-state index in [0.29, 0.717) is 5.56 Å². The fourth-order valence-corrected chi connectivity index (χ4v) is 4.34. The summed E-state index contributed by atoms with van der Waals surface area (Å²) in [6.07, 6.45) is 5.27. The summed E-state index contributed by atoms with van der Waals surface area (Å²) in [5.74, 6) is 1.79. The Morgan fingerprint density at radius 3 is 2.68 bits per heavy atom. The van der Waals surface area contributed by atoms with Crippen LogP contribution in [0.4, 0.5) is 11.6 Å². The second-order valence-electron chi connectivity index (χ2n) is 7.97. The van der Waals surface area contributed by atoms with Gasteiger partial charge in [0.2, 0.25) is 0 Å². The van der Waals surface area contributed by atoms with Crippen LogP contribution in [0, 0.1) is 0 Å². The number of piperidine rings is 1. The van der Waals surface area contributed by atoms with Crippen molar-refractivity contribution in [3.05, 3.63) is 54.5 Å². The number of nitrogens with zero attached hydrogens (tertiary/aromatic N) is 5. The Morgan fingerprint density at radius 2 is 1.81 bits per heavy atom. The van der Waals surface area contributed by atoms with Gasteiger partial charge in [0, 0.05) is 49.9 Å². The van der Waals surface area contributed by atoms with Crippen LogP contribution in [-0.2, 0) is 4.74 Å². The number of fused-ring (bicyclic) bond motifs is 1. The Kier molecular flexibility index (Phi) is 5.62. The van der Waals surface area contributed by atoms with E-state index in [2.05, 4.69) is 30.1 Å². The van der Waals surface area contributed by atoms with Gasteiger partial charge in [-0.2, -0.15) is 0 Å². The number of ether oxygens (including phenoxy) is 1. The number of rotatable bonds is 4. The highest BCUT2D eigenvalue weighted by Crippen LogP contribution is 2.23. The molecule has 0 radical (unpaired) electrons. The minimum atomic E-state index is -0.0536. The molecule has 1 N–H and O–H groups in total. The van der Waals surface area contributed by atoms with Crippen molar-refractivity contribution in [2.45, 2.75) is 18.9 Å². The lowest BCUT2D eigenvalue weighted by atomic mass is 10.0. The molecule has 0 saturated carbocycles. The van der Waals surface area contributed by atoms with Gasteiger partial charge in [-0.3, -0.25) is 9.78 Å². The van der Waals surface area contributed by atoms with E-state index >= 15 is 0 Å². The van der Waals surface area contributed by atoms with Gasteiger partial charge >= 0.3 is 0 Å². The van der Waals surface area contributed by atoms with Gasteiger partial charge in [0.1, 0.15) is 18.0 Å². The summed E-state index contributed by atoms with van der Waals surface area (Å²) >= 11 is 0. The normalized spacial score (nSPS) is 19.4. The van der Waals surface area contributed by atoms with Gasteiger partial charge in [0.25, 0.3) is 5.91 Å². The molecule has 1 aromatic carbocycles. The predicted molar refractivity (Wildman–Crippen MR) is 120 cm³/mol. The van der Waals surface area contributed by atoms with Crippen LogP contribution in [0.5, 0.6) is 0 Å². The maximum absolute atomic E-state index is 13.0. The lowest BCUT2D eigenvalue weighted by molar-refractivity contribution is 0.0934. The summed E-state index contributed by atoms with van der Waals surface area (Å²) in [7, 11) is 0. The molecule has 2 saturated heterocycles. The quantitative estimate of drug-likeness (QED) is 0.696. The maximum atomic E-state index is 13.0. The van der Waals surface area contributed by atoms with Crippen molar-refractivity contribution in [3.63, 3.8) is 0 Å². The van der Waals surface area contributed by atoms with Crippen LogP contribution in [0.3, 0.4) is 0 Å². The molecule has 2 fully saturated rings. The number of anilines is 2. The number of morpholine rings is 1. The van der Waals surface area contributed by atoms with Crippen LogP contribution >= 0.6 is 0 Å². The van der Waals surface area contributed by atoms with Crippen LogP contribution in [0.1, 0.15) is 23.2 Å². The van der Waals surface area contributed by atoms with E-state index in [1.165, 1.54) is 0 Å². The second kappa shape index (κ2) is 8.85. The number of benzene rings is 1. The number of pyridine rings is 1. The van der Waals surface area contributed by atoms with Crippen molar-refractivity contribution in [2.75, 3.05) is 49.2 Å². The summed E-state index contributed by atoms with van der Waals surface area (Å²) in [5.41, 5.74) is 1.50. The lowest BCUT2D eigenvalue weighted by Gasteiger charge is -2.34. The highest BCUT2D eigenvalue weighted by molar-refractivity contribution is 6.06. The van der Waals surface area contributed by atoms with E-state index in [1.54, 1.807) is 18.6 Å². The van der Waals surface area contributed by atoms with Gasteiger partial charge in [-0.15, -0.1) is 0 Å². The zero-order valence-corrected chi connectivity index (χ0v) is 17.4. The molecule has 5 rings (SSSR count). The predicted octanol–water partition coefficient (Wildman–Crippen LogP) is 2.26. The topological polar surface area (TPSA) is 83.5 Å². The van der Waals surface area contributed by atoms with Gasteiger partial charge in [-0.1, -0.05) is 18.2 Å². The fourth-order valence-electron chi connectivity index (χ4n) is 4.34. The van der Waals surface area contributed by atoms with E-state index in [1.807, 2.05) is 30.3 Å². The molecule has 8 nitrogen and oxygen atoms in total. The standard InChI is InChI=1S/C23H26N6O2/c30-23(19-7-8-24-20-6-2-1-5-18(19)20)27-17-4-3-9-29(15-17)22-14-21(25-16-26-22)28-10-12-31-13-11-28/h1-2,5-8,14,16-17H,3-4,9-13,15H2,(H,27,30). The average molecular weight is 419 g/mol. The van der Waals surface area contributed by atoms with Crippen molar-refractivity contribution >= 4 is 28.4 Å². The number of hydrogen-bond donors (Lipinski definition) is 1. The lowest BCUT2D eigenvalue weighted by Crippen LogP contribution is -2.48. The van der Waals surface area contributed by atoms with E-state index in [-0.39, 0.29) is 11.9 Å². The van der Waals surface area contributed by atoms with E-state index in [4.69, 9.17) is 4.74 Å². The number of para-hydroxylation sites is 1. The number of hydrogen-bond acceptors (Lipinski definition) is 7. The SMILES string of the molecule is O=C(NC1CCCN(c2cc(N3CCOCC3)ncn2)C1)c1ccnc2ccccc12. The molecule has 1 unspecified atom stereocenters. The van der Waals surface area contributed by atoms with Crippen molar-refractivity contribution in [3.8, 4) is 0 Å². The minimum Gasteiger partial charge on any atom is -0.378 e. The molecule has 3 aromatic rings. The third-order valence-corrected chi connectivity index (χ3v) is 5.95. The molecule has 0 spiro atoms. The van der Waals surface area contributed by atoms with Crippen molar-refractivity contribution in [1.82, 2.24) is 20.3 Å². The van der Waals surface area contributed by atoms with Crippen LogP contribution < -0.4 is 15.1 Å². The smallest absolute Gasteiger partial charge is 0.252 e. The Morgan fingerprint density at radius 1 is 1.00 bits per heavy atom. The highest BCUT2D eigenvalue weighted by Gasteiger charge is 2.24. The van der Waals surface area contributed by atoms with Crippen LogP contribution in [0.25, 0.3) is 10.9 Å².